The molecule has 1 fully saturated rings. The van der Waals surface area contributed by atoms with Gasteiger partial charge in [0.15, 0.2) is 0 Å². The molecule has 2 amide bonds. The zero-order chi connectivity index (χ0) is 29.6. The van der Waals surface area contributed by atoms with Crippen LogP contribution in [0.4, 0.5) is 0 Å². The quantitative estimate of drug-likeness (QED) is 0.216. The van der Waals surface area contributed by atoms with Crippen molar-refractivity contribution in [3.63, 3.8) is 0 Å². The number of rotatable bonds is 15. The number of carboxylic acid groups (broad SMARTS) is 2. The maximum atomic E-state index is 12.5. The standard InChI is InChI=1S/C27H46N2O6S2/c1-15(36-25(8,9)24(6,7)16(18(28)30)12-22(2,3)20(32)33)37-27(11)14-26(27,10)17(19(29)31)13-23(4,5)21(34)35/h16-17H,1,12-14H2,2-11H3,(H2,28,30)(H2,29,31)(H,32,33)(H,34,35). The molecule has 1 saturated carbocycles. The van der Waals surface area contributed by atoms with Crippen molar-refractivity contribution in [2.75, 3.05) is 0 Å². The Morgan fingerprint density at radius 2 is 1.30 bits per heavy atom. The zero-order valence-corrected chi connectivity index (χ0v) is 25.6. The second kappa shape index (κ2) is 10.5. The number of hydrogen-bond donors (Lipinski definition) is 4. The van der Waals surface area contributed by atoms with E-state index < -0.39 is 62.0 Å². The predicted octanol–water partition coefficient (Wildman–Crippen LogP) is 5.10. The summed E-state index contributed by atoms with van der Waals surface area (Å²) in [6.07, 6.45) is 0.917. The molecule has 1 rings (SSSR count). The third-order valence-electron chi connectivity index (χ3n) is 8.96. The van der Waals surface area contributed by atoms with Crippen LogP contribution in [0.3, 0.4) is 0 Å². The molecular weight excluding hydrogens is 512 g/mol. The second-order valence-corrected chi connectivity index (χ2v) is 16.9. The SMILES string of the molecule is C=C(SC(C)(C)C(C)(C)C(CC(C)(C)C(=O)O)C(N)=O)SC1(C)CC1(C)C(CC(C)(C)C(=O)O)C(N)=O. The third kappa shape index (κ3) is 6.85. The van der Waals surface area contributed by atoms with E-state index in [0.29, 0.717) is 6.42 Å². The lowest BCUT2D eigenvalue weighted by molar-refractivity contribution is -0.150. The summed E-state index contributed by atoms with van der Waals surface area (Å²) in [6, 6.07) is 0. The van der Waals surface area contributed by atoms with Gasteiger partial charge in [0, 0.05) is 25.6 Å². The van der Waals surface area contributed by atoms with Gasteiger partial charge in [-0.25, -0.2) is 0 Å². The topological polar surface area (TPSA) is 161 Å². The van der Waals surface area contributed by atoms with E-state index in [1.165, 1.54) is 23.5 Å². The van der Waals surface area contributed by atoms with Crippen LogP contribution >= 0.6 is 23.5 Å². The smallest absolute Gasteiger partial charge is 0.309 e. The van der Waals surface area contributed by atoms with Gasteiger partial charge in [0.2, 0.25) is 11.8 Å². The van der Waals surface area contributed by atoms with Crippen LogP contribution in [0.15, 0.2) is 10.8 Å². The van der Waals surface area contributed by atoms with Crippen molar-refractivity contribution in [3.05, 3.63) is 10.8 Å². The Morgan fingerprint density at radius 1 is 0.865 bits per heavy atom. The maximum absolute atomic E-state index is 12.5. The number of carbonyl (C=O) groups excluding carboxylic acids is 2. The van der Waals surface area contributed by atoms with Crippen molar-refractivity contribution >= 4 is 47.3 Å². The van der Waals surface area contributed by atoms with Gasteiger partial charge in [-0.15, -0.1) is 23.5 Å². The molecule has 1 aliphatic rings. The van der Waals surface area contributed by atoms with Crippen molar-refractivity contribution in [1.29, 1.82) is 0 Å². The minimum Gasteiger partial charge on any atom is -0.481 e. The normalized spacial score (nSPS) is 24.2. The highest BCUT2D eigenvalue weighted by Crippen LogP contribution is 2.71. The summed E-state index contributed by atoms with van der Waals surface area (Å²) in [4.78, 5) is 48.4. The molecule has 0 heterocycles. The summed E-state index contributed by atoms with van der Waals surface area (Å²) in [7, 11) is 0. The Bertz CT molecular complexity index is 974. The molecule has 8 nitrogen and oxygen atoms in total. The molecule has 0 radical (unpaired) electrons. The number of aliphatic carboxylic acids is 2. The number of amides is 2. The second-order valence-electron chi connectivity index (χ2n) is 13.3. The van der Waals surface area contributed by atoms with Crippen molar-refractivity contribution in [2.24, 2.45) is 45.0 Å². The lowest BCUT2D eigenvalue weighted by Crippen LogP contribution is -2.49. The highest BCUT2D eigenvalue weighted by molar-refractivity contribution is 8.23. The van der Waals surface area contributed by atoms with Gasteiger partial charge in [-0.1, -0.05) is 27.4 Å². The summed E-state index contributed by atoms with van der Waals surface area (Å²) in [6.45, 7) is 22.5. The Hall–Kier alpha value is -1.68. The number of carboxylic acids is 2. The minimum absolute atomic E-state index is 0.101. The van der Waals surface area contributed by atoms with Gasteiger partial charge < -0.3 is 21.7 Å². The molecule has 0 aromatic carbocycles. The van der Waals surface area contributed by atoms with Gasteiger partial charge in [0.1, 0.15) is 0 Å². The monoisotopic (exact) mass is 558 g/mol. The molecule has 0 saturated heterocycles. The average molecular weight is 559 g/mol. The Morgan fingerprint density at radius 3 is 1.68 bits per heavy atom. The first kappa shape index (κ1) is 33.3. The Labute approximate surface area is 230 Å². The van der Waals surface area contributed by atoms with Gasteiger partial charge >= 0.3 is 11.9 Å². The van der Waals surface area contributed by atoms with E-state index in [2.05, 4.69) is 6.58 Å². The lowest BCUT2D eigenvalue weighted by atomic mass is 9.64. The molecule has 4 unspecified atom stereocenters. The van der Waals surface area contributed by atoms with Crippen molar-refractivity contribution in [2.45, 2.75) is 98.0 Å². The summed E-state index contributed by atoms with van der Waals surface area (Å²) in [5, 5.41) is 19.2. The van der Waals surface area contributed by atoms with E-state index in [1.807, 2.05) is 41.5 Å². The van der Waals surface area contributed by atoms with Crippen LogP contribution < -0.4 is 11.5 Å². The fourth-order valence-electron chi connectivity index (χ4n) is 4.96. The largest absolute Gasteiger partial charge is 0.481 e. The van der Waals surface area contributed by atoms with Gasteiger partial charge in [-0.05, 0) is 78.6 Å². The molecule has 0 bridgehead atoms. The fraction of sp³-hybridized carbons (Fsp3) is 0.778. The highest BCUT2D eigenvalue weighted by Gasteiger charge is 2.67. The predicted molar refractivity (Wildman–Crippen MR) is 151 cm³/mol. The van der Waals surface area contributed by atoms with E-state index >= 15 is 0 Å². The molecule has 0 aromatic heterocycles. The van der Waals surface area contributed by atoms with Crippen LogP contribution in [0.25, 0.3) is 0 Å². The summed E-state index contributed by atoms with van der Waals surface area (Å²) in [5.74, 6) is -4.33. The average Bonchev–Trinajstić information content (AvgIpc) is 3.23. The third-order valence-corrected chi connectivity index (χ3v) is 12.0. The van der Waals surface area contributed by atoms with Gasteiger partial charge in [0.25, 0.3) is 0 Å². The first-order valence-electron chi connectivity index (χ1n) is 12.4. The van der Waals surface area contributed by atoms with Crippen LogP contribution in [0, 0.1) is 33.5 Å². The van der Waals surface area contributed by atoms with Crippen molar-refractivity contribution in [3.8, 4) is 0 Å². The maximum Gasteiger partial charge on any atom is 0.309 e. The molecular formula is C27H46N2O6S2. The van der Waals surface area contributed by atoms with E-state index in [-0.39, 0.29) is 17.6 Å². The van der Waals surface area contributed by atoms with Crippen molar-refractivity contribution in [1.82, 2.24) is 0 Å². The molecule has 0 spiro atoms. The van der Waals surface area contributed by atoms with Crippen LogP contribution in [-0.4, -0.2) is 43.5 Å². The molecule has 0 aromatic rings. The number of carbonyl (C=O) groups is 4. The van der Waals surface area contributed by atoms with Gasteiger partial charge in [0.05, 0.1) is 10.8 Å². The first-order chi connectivity index (χ1) is 16.3. The van der Waals surface area contributed by atoms with Crippen molar-refractivity contribution < 1.29 is 29.4 Å². The number of primary amides is 2. The summed E-state index contributed by atoms with van der Waals surface area (Å²) >= 11 is 3.04. The van der Waals surface area contributed by atoms with E-state index in [0.717, 1.165) is 4.24 Å². The Balaban J connectivity index is 3.13. The molecule has 37 heavy (non-hydrogen) atoms. The summed E-state index contributed by atoms with van der Waals surface area (Å²) in [5.41, 5.74) is 8.14. The van der Waals surface area contributed by atoms with E-state index in [9.17, 15) is 29.4 Å². The van der Waals surface area contributed by atoms with Crippen LogP contribution in [0.2, 0.25) is 0 Å². The molecule has 4 atom stereocenters. The number of hydrogen-bond acceptors (Lipinski definition) is 6. The van der Waals surface area contributed by atoms with Gasteiger partial charge in [-0.3, -0.25) is 19.2 Å². The number of nitrogens with two attached hydrogens (primary N) is 2. The van der Waals surface area contributed by atoms with Crippen LogP contribution in [0.5, 0.6) is 0 Å². The highest BCUT2D eigenvalue weighted by atomic mass is 32.2. The summed E-state index contributed by atoms with van der Waals surface area (Å²) < 4.78 is -0.146. The molecule has 212 valence electrons. The van der Waals surface area contributed by atoms with E-state index in [4.69, 9.17) is 11.5 Å². The van der Waals surface area contributed by atoms with Crippen LogP contribution in [-0.2, 0) is 19.2 Å². The molecule has 6 N–H and O–H groups in total. The molecule has 10 heteroatoms. The fourth-order valence-corrected chi connectivity index (χ4v) is 8.52. The molecule has 1 aliphatic carbocycles. The zero-order valence-electron chi connectivity index (χ0n) is 24.0. The molecule has 0 aliphatic heterocycles. The first-order valence-corrected chi connectivity index (χ1v) is 14.0. The van der Waals surface area contributed by atoms with Gasteiger partial charge in [-0.2, -0.15) is 0 Å². The number of thioether (sulfide) groups is 2. The Kier molecular flexibility index (Phi) is 9.44. The minimum atomic E-state index is -1.12. The van der Waals surface area contributed by atoms with Crippen LogP contribution in [0.1, 0.15) is 88.5 Å². The lowest BCUT2D eigenvalue weighted by Gasteiger charge is -2.47. The van der Waals surface area contributed by atoms with E-state index in [1.54, 1.807) is 27.7 Å².